The summed E-state index contributed by atoms with van der Waals surface area (Å²) in [6.07, 6.45) is 0. The van der Waals surface area contributed by atoms with E-state index in [1.165, 1.54) is 0 Å². The lowest BCUT2D eigenvalue weighted by molar-refractivity contribution is -0.154. The van der Waals surface area contributed by atoms with Crippen LogP contribution in [0.4, 0.5) is 5.69 Å². The minimum absolute atomic E-state index is 0.582. The molecule has 1 unspecified atom stereocenters. The van der Waals surface area contributed by atoms with Crippen LogP contribution in [0.25, 0.3) is 0 Å². The van der Waals surface area contributed by atoms with Crippen LogP contribution in [-0.4, -0.2) is 56.4 Å². The molecule has 0 aromatic heterocycles. The average molecular weight is 278 g/mol. The van der Waals surface area contributed by atoms with Gasteiger partial charge in [-0.25, -0.2) is 4.79 Å². The Hall–Kier alpha value is -1.59. The van der Waals surface area contributed by atoms with Crippen molar-refractivity contribution in [3.05, 3.63) is 29.8 Å². The molecule has 0 amide bonds. The number of carboxylic acid groups (broad SMARTS) is 1. The summed E-state index contributed by atoms with van der Waals surface area (Å²) in [5.41, 5.74) is 0.857. The Balaban J connectivity index is 2.34. The van der Waals surface area contributed by atoms with Gasteiger partial charge in [0.05, 0.1) is 13.2 Å². The summed E-state index contributed by atoms with van der Waals surface area (Å²) >= 11 is 0. The second-order valence-corrected chi connectivity index (χ2v) is 5.42. The van der Waals surface area contributed by atoms with Gasteiger partial charge in [-0.3, -0.25) is 4.90 Å². The standard InChI is InChI=1S/C15H22N2O3/c1-15(14(18)19,17-8-10-20-11-9-17)12-4-6-13(7-5-12)16(2)3/h4-7H,8-11H2,1-3H3,(H,18,19). The Morgan fingerprint density at radius 2 is 1.80 bits per heavy atom. The number of anilines is 1. The van der Waals surface area contributed by atoms with E-state index in [4.69, 9.17) is 4.74 Å². The zero-order valence-electron chi connectivity index (χ0n) is 12.3. The monoisotopic (exact) mass is 278 g/mol. The van der Waals surface area contributed by atoms with Crippen LogP contribution in [0, 0.1) is 0 Å². The fourth-order valence-electron chi connectivity index (χ4n) is 2.54. The number of morpholine rings is 1. The molecule has 110 valence electrons. The van der Waals surface area contributed by atoms with Gasteiger partial charge in [0.1, 0.15) is 5.54 Å². The number of benzene rings is 1. The van der Waals surface area contributed by atoms with Crippen molar-refractivity contribution in [2.75, 3.05) is 45.3 Å². The van der Waals surface area contributed by atoms with E-state index in [0.717, 1.165) is 11.3 Å². The van der Waals surface area contributed by atoms with E-state index in [0.29, 0.717) is 26.3 Å². The first-order valence-corrected chi connectivity index (χ1v) is 6.80. The molecule has 1 heterocycles. The Labute approximate surface area is 119 Å². The molecule has 0 spiro atoms. The van der Waals surface area contributed by atoms with Crippen molar-refractivity contribution in [2.24, 2.45) is 0 Å². The lowest BCUT2D eigenvalue weighted by Gasteiger charge is -2.40. The normalized spacial score (nSPS) is 19.4. The zero-order valence-corrected chi connectivity index (χ0v) is 12.3. The summed E-state index contributed by atoms with van der Waals surface area (Å²) < 4.78 is 5.32. The van der Waals surface area contributed by atoms with Crippen molar-refractivity contribution in [2.45, 2.75) is 12.5 Å². The van der Waals surface area contributed by atoms with Gasteiger partial charge >= 0.3 is 5.97 Å². The van der Waals surface area contributed by atoms with Gasteiger partial charge in [-0.1, -0.05) is 12.1 Å². The molecule has 0 aliphatic carbocycles. The predicted molar refractivity (Wildman–Crippen MR) is 78.1 cm³/mol. The molecule has 5 heteroatoms. The number of hydrogen-bond acceptors (Lipinski definition) is 4. The SMILES string of the molecule is CN(C)c1ccc(C(C)(C(=O)O)N2CCOCC2)cc1. The first-order valence-electron chi connectivity index (χ1n) is 6.80. The van der Waals surface area contributed by atoms with Crippen LogP contribution >= 0.6 is 0 Å². The highest BCUT2D eigenvalue weighted by Gasteiger charge is 2.41. The van der Waals surface area contributed by atoms with Crippen LogP contribution in [0.5, 0.6) is 0 Å². The molecule has 1 aliphatic rings. The zero-order chi connectivity index (χ0) is 14.8. The van der Waals surface area contributed by atoms with E-state index in [9.17, 15) is 9.90 Å². The number of ether oxygens (including phenoxy) is 1. The quantitative estimate of drug-likeness (QED) is 0.902. The van der Waals surface area contributed by atoms with Gasteiger partial charge in [0, 0.05) is 32.9 Å². The summed E-state index contributed by atoms with van der Waals surface area (Å²) in [5.74, 6) is -0.822. The third kappa shape index (κ3) is 2.64. The summed E-state index contributed by atoms with van der Waals surface area (Å²) in [5, 5.41) is 9.72. The molecule has 20 heavy (non-hydrogen) atoms. The van der Waals surface area contributed by atoms with Gasteiger partial charge in [0.2, 0.25) is 0 Å². The lowest BCUT2D eigenvalue weighted by atomic mass is 9.89. The molecule has 0 bridgehead atoms. The van der Waals surface area contributed by atoms with Gasteiger partial charge in [-0.15, -0.1) is 0 Å². The highest BCUT2D eigenvalue weighted by molar-refractivity contribution is 5.80. The fraction of sp³-hybridized carbons (Fsp3) is 0.533. The van der Waals surface area contributed by atoms with Crippen LogP contribution in [0.2, 0.25) is 0 Å². The van der Waals surface area contributed by atoms with Crippen LogP contribution in [0.3, 0.4) is 0 Å². The molecule has 1 atom stereocenters. The van der Waals surface area contributed by atoms with Crippen LogP contribution in [-0.2, 0) is 15.1 Å². The van der Waals surface area contributed by atoms with Gasteiger partial charge in [-0.05, 0) is 24.6 Å². The van der Waals surface area contributed by atoms with Crippen molar-refractivity contribution in [3.8, 4) is 0 Å². The van der Waals surface area contributed by atoms with Crippen molar-refractivity contribution < 1.29 is 14.6 Å². The molecular weight excluding hydrogens is 256 g/mol. The van der Waals surface area contributed by atoms with E-state index in [1.54, 1.807) is 6.92 Å². The maximum absolute atomic E-state index is 11.8. The smallest absolute Gasteiger partial charge is 0.328 e. The lowest BCUT2D eigenvalue weighted by Crippen LogP contribution is -2.54. The Bertz CT molecular complexity index is 467. The minimum atomic E-state index is -1.01. The largest absolute Gasteiger partial charge is 0.480 e. The molecular formula is C15H22N2O3. The van der Waals surface area contributed by atoms with Crippen molar-refractivity contribution in [1.82, 2.24) is 4.90 Å². The third-order valence-corrected chi connectivity index (χ3v) is 4.01. The van der Waals surface area contributed by atoms with Crippen molar-refractivity contribution in [1.29, 1.82) is 0 Å². The summed E-state index contributed by atoms with van der Waals surface area (Å²) in [4.78, 5) is 15.8. The maximum Gasteiger partial charge on any atom is 0.328 e. The van der Waals surface area contributed by atoms with E-state index in [-0.39, 0.29) is 0 Å². The van der Waals surface area contributed by atoms with E-state index in [2.05, 4.69) is 0 Å². The van der Waals surface area contributed by atoms with E-state index in [1.807, 2.05) is 48.2 Å². The van der Waals surface area contributed by atoms with Gasteiger partial charge < -0.3 is 14.7 Å². The van der Waals surface area contributed by atoms with Crippen LogP contribution in [0.1, 0.15) is 12.5 Å². The molecule has 5 nitrogen and oxygen atoms in total. The summed E-state index contributed by atoms with van der Waals surface area (Å²) in [7, 11) is 3.93. The summed E-state index contributed by atoms with van der Waals surface area (Å²) in [6.45, 7) is 4.21. The summed E-state index contributed by atoms with van der Waals surface area (Å²) in [6, 6.07) is 7.71. The van der Waals surface area contributed by atoms with E-state index < -0.39 is 11.5 Å². The second-order valence-electron chi connectivity index (χ2n) is 5.42. The molecule has 1 aliphatic heterocycles. The van der Waals surface area contributed by atoms with Crippen LogP contribution < -0.4 is 4.90 Å². The molecule has 0 saturated carbocycles. The van der Waals surface area contributed by atoms with Gasteiger partial charge in [0.25, 0.3) is 0 Å². The minimum Gasteiger partial charge on any atom is -0.480 e. The van der Waals surface area contributed by atoms with Crippen molar-refractivity contribution >= 4 is 11.7 Å². The second kappa shape index (κ2) is 5.81. The van der Waals surface area contributed by atoms with Gasteiger partial charge in [-0.2, -0.15) is 0 Å². The number of aliphatic carboxylic acids is 1. The maximum atomic E-state index is 11.8. The highest BCUT2D eigenvalue weighted by atomic mass is 16.5. The van der Waals surface area contributed by atoms with Gasteiger partial charge in [0.15, 0.2) is 0 Å². The topological polar surface area (TPSA) is 53.0 Å². The number of nitrogens with zero attached hydrogens (tertiary/aromatic N) is 2. The molecule has 2 rings (SSSR count). The molecule has 1 aromatic rings. The van der Waals surface area contributed by atoms with E-state index >= 15 is 0 Å². The number of carbonyl (C=O) groups is 1. The Kier molecular flexibility index (Phi) is 4.30. The molecule has 0 radical (unpaired) electrons. The number of hydrogen-bond donors (Lipinski definition) is 1. The average Bonchev–Trinajstić information content (AvgIpc) is 2.47. The molecule has 1 aromatic carbocycles. The molecule has 1 saturated heterocycles. The first kappa shape index (κ1) is 14.8. The Morgan fingerprint density at radius 1 is 1.25 bits per heavy atom. The highest BCUT2D eigenvalue weighted by Crippen LogP contribution is 2.30. The van der Waals surface area contributed by atoms with Crippen LogP contribution in [0.15, 0.2) is 24.3 Å². The number of rotatable bonds is 4. The third-order valence-electron chi connectivity index (χ3n) is 4.01. The fourth-order valence-corrected chi connectivity index (χ4v) is 2.54. The number of carboxylic acids is 1. The Morgan fingerprint density at radius 3 is 2.25 bits per heavy atom. The molecule has 1 N–H and O–H groups in total. The van der Waals surface area contributed by atoms with Crippen molar-refractivity contribution in [3.63, 3.8) is 0 Å². The predicted octanol–water partition coefficient (Wildman–Crippen LogP) is 1.38. The molecule has 1 fully saturated rings. The first-order chi connectivity index (χ1) is 9.46.